The normalized spacial score (nSPS) is 14.9. The fourth-order valence-electron chi connectivity index (χ4n) is 2.99. The number of hydrogen-bond acceptors (Lipinski definition) is 2. The molecule has 1 heterocycles. The van der Waals surface area contributed by atoms with E-state index in [-0.39, 0.29) is 16.5 Å². The van der Waals surface area contributed by atoms with Crippen LogP contribution in [0.2, 0.25) is 10.0 Å². The second-order valence-electron chi connectivity index (χ2n) is 6.04. The van der Waals surface area contributed by atoms with Gasteiger partial charge in [-0.25, -0.2) is 4.39 Å². The number of halogens is 3. The van der Waals surface area contributed by atoms with E-state index in [9.17, 15) is 14.0 Å². The van der Waals surface area contributed by atoms with Crippen LogP contribution < -0.4 is 0 Å². The van der Waals surface area contributed by atoms with Gasteiger partial charge in [0.05, 0.1) is 10.6 Å². The van der Waals surface area contributed by atoms with Gasteiger partial charge in [-0.15, -0.1) is 0 Å². The Balaban J connectivity index is 1.72. The smallest absolute Gasteiger partial charge is 0.258 e. The molecular weight excluding hydrogens is 378 g/mol. The van der Waals surface area contributed by atoms with Gasteiger partial charge >= 0.3 is 0 Å². The summed E-state index contributed by atoms with van der Waals surface area (Å²) in [6.07, 6.45) is 0.601. The van der Waals surface area contributed by atoms with Crippen LogP contribution in [0, 0.1) is 5.82 Å². The number of carbonyl (C=O) groups excluding carboxylic acids is 2. The summed E-state index contributed by atoms with van der Waals surface area (Å²) < 4.78 is 14.0. The molecular formula is C19H17Cl2FN2O2. The first kappa shape index (κ1) is 18.7. The van der Waals surface area contributed by atoms with Crippen LogP contribution in [0.5, 0.6) is 0 Å². The van der Waals surface area contributed by atoms with Gasteiger partial charge in [0, 0.05) is 36.8 Å². The lowest BCUT2D eigenvalue weighted by atomic mass is 10.1. The molecule has 0 spiro atoms. The van der Waals surface area contributed by atoms with Gasteiger partial charge in [0.1, 0.15) is 5.82 Å². The summed E-state index contributed by atoms with van der Waals surface area (Å²) in [5, 5.41) is 0.586. The Hall–Kier alpha value is -2.11. The highest BCUT2D eigenvalue weighted by Gasteiger charge is 2.26. The number of benzene rings is 2. The van der Waals surface area contributed by atoms with Crippen LogP contribution in [0.15, 0.2) is 42.5 Å². The molecule has 0 bridgehead atoms. The largest absolute Gasteiger partial charge is 0.337 e. The Bertz CT molecular complexity index is 824. The molecule has 26 heavy (non-hydrogen) atoms. The predicted octanol–water partition coefficient (Wildman–Crippen LogP) is 4.12. The monoisotopic (exact) mass is 394 g/mol. The Labute approximate surface area is 161 Å². The van der Waals surface area contributed by atoms with Crippen molar-refractivity contribution in [3.8, 4) is 0 Å². The molecule has 0 radical (unpaired) electrons. The molecule has 2 aromatic carbocycles. The second kappa shape index (κ2) is 8.06. The lowest BCUT2D eigenvalue weighted by Crippen LogP contribution is -2.37. The third-order valence-electron chi connectivity index (χ3n) is 4.32. The van der Waals surface area contributed by atoms with Gasteiger partial charge in [-0.2, -0.15) is 0 Å². The minimum absolute atomic E-state index is 0.0890. The van der Waals surface area contributed by atoms with Gasteiger partial charge in [-0.05, 0) is 36.8 Å². The van der Waals surface area contributed by atoms with Crippen molar-refractivity contribution in [2.45, 2.75) is 6.42 Å². The average Bonchev–Trinajstić information content (AvgIpc) is 2.87. The first-order chi connectivity index (χ1) is 12.5. The van der Waals surface area contributed by atoms with Gasteiger partial charge in [-0.1, -0.05) is 35.3 Å². The molecule has 7 heteroatoms. The van der Waals surface area contributed by atoms with E-state index in [1.165, 1.54) is 23.1 Å². The highest BCUT2D eigenvalue weighted by atomic mass is 35.5. The molecule has 1 fully saturated rings. The summed E-state index contributed by atoms with van der Waals surface area (Å²) >= 11 is 11.9. The van der Waals surface area contributed by atoms with Crippen LogP contribution in [-0.2, 0) is 0 Å². The zero-order chi connectivity index (χ0) is 18.7. The Kier molecular flexibility index (Phi) is 5.79. The Morgan fingerprint density at radius 2 is 1.54 bits per heavy atom. The zero-order valence-electron chi connectivity index (χ0n) is 13.9. The standard InChI is InChI=1S/C19H17Cl2FN2O2/c20-14-5-1-4-13(12-14)18(25)23-8-3-9-24(11-10-23)19(26)17-15(21)6-2-7-16(17)22/h1-2,4-7,12H,3,8-11H2. The zero-order valence-corrected chi connectivity index (χ0v) is 15.4. The van der Waals surface area contributed by atoms with Gasteiger partial charge in [0.2, 0.25) is 0 Å². The second-order valence-corrected chi connectivity index (χ2v) is 6.89. The molecule has 4 nitrogen and oxygen atoms in total. The van der Waals surface area contributed by atoms with E-state index in [0.29, 0.717) is 43.2 Å². The molecule has 1 saturated heterocycles. The van der Waals surface area contributed by atoms with Crippen LogP contribution in [0.25, 0.3) is 0 Å². The van der Waals surface area contributed by atoms with Crippen molar-refractivity contribution < 1.29 is 14.0 Å². The van der Waals surface area contributed by atoms with Gasteiger partial charge in [0.15, 0.2) is 0 Å². The Morgan fingerprint density at radius 3 is 2.19 bits per heavy atom. The summed E-state index contributed by atoms with van der Waals surface area (Å²) in [6, 6.07) is 10.9. The van der Waals surface area contributed by atoms with Crippen molar-refractivity contribution in [2.24, 2.45) is 0 Å². The van der Waals surface area contributed by atoms with E-state index in [1.54, 1.807) is 29.2 Å². The molecule has 3 rings (SSSR count). The topological polar surface area (TPSA) is 40.6 Å². The van der Waals surface area contributed by atoms with Crippen molar-refractivity contribution in [1.29, 1.82) is 0 Å². The molecule has 136 valence electrons. The van der Waals surface area contributed by atoms with Gasteiger partial charge in [0.25, 0.3) is 11.8 Å². The lowest BCUT2D eigenvalue weighted by molar-refractivity contribution is 0.0716. The van der Waals surface area contributed by atoms with E-state index >= 15 is 0 Å². The number of carbonyl (C=O) groups is 2. The lowest BCUT2D eigenvalue weighted by Gasteiger charge is -2.23. The minimum Gasteiger partial charge on any atom is -0.337 e. The molecule has 1 aliphatic heterocycles. The minimum atomic E-state index is -0.640. The molecule has 2 aromatic rings. The highest BCUT2D eigenvalue weighted by molar-refractivity contribution is 6.33. The Morgan fingerprint density at radius 1 is 0.885 bits per heavy atom. The summed E-state index contributed by atoms with van der Waals surface area (Å²) in [6.45, 7) is 1.63. The summed E-state index contributed by atoms with van der Waals surface area (Å²) in [5.74, 6) is -1.23. The summed E-state index contributed by atoms with van der Waals surface area (Å²) in [5.41, 5.74) is 0.387. The molecule has 0 N–H and O–H groups in total. The van der Waals surface area contributed by atoms with Gasteiger partial charge < -0.3 is 9.80 Å². The van der Waals surface area contributed by atoms with Crippen molar-refractivity contribution in [2.75, 3.05) is 26.2 Å². The van der Waals surface area contributed by atoms with E-state index in [1.807, 2.05) is 0 Å². The number of hydrogen-bond donors (Lipinski definition) is 0. The summed E-state index contributed by atoms with van der Waals surface area (Å²) in [4.78, 5) is 28.5. The van der Waals surface area contributed by atoms with Gasteiger partial charge in [-0.3, -0.25) is 9.59 Å². The first-order valence-corrected chi connectivity index (χ1v) is 9.01. The number of amides is 2. The van der Waals surface area contributed by atoms with E-state index in [0.717, 1.165) is 0 Å². The van der Waals surface area contributed by atoms with Crippen molar-refractivity contribution in [3.05, 3.63) is 69.5 Å². The maximum atomic E-state index is 14.0. The van der Waals surface area contributed by atoms with E-state index in [2.05, 4.69) is 0 Å². The SMILES string of the molecule is O=C(c1cccc(Cl)c1)N1CCCN(C(=O)c2c(F)cccc2Cl)CC1. The molecule has 0 aromatic heterocycles. The van der Waals surface area contributed by atoms with E-state index in [4.69, 9.17) is 23.2 Å². The fourth-order valence-corrected chi connectivity index (χ4v) is 3.42. The first-order valence-electron chi connectivity index (χ1n) is 8.25. The van der Waals surface area contributed by atoms with Crippen LogP contribution in [0.1, 0.15) is 27.1 Å². The molecule has 0 aliphatic carbocycles. The predicted molar refractivity (Wildman–Crippen MR) is 99.3 cm³/mol. The number of nitrogens with zero attached hydrogens (tertiary/aromatic N) is 2. The quantitative estimate of drug-likeness (QED) is 0.768. The van der Waals surface area contributed by atoms with Crippen LogP contribution >= 0.6 is 23.2 Å². The highest BCUT2D eigenvalue weighted by Crippen LogP contribution is 2.22. The maximum absolute atomic E-state index is 14.0. The molecule has 1 aliphatic rings. The number of rotatable bonds is 2. The molecule has 2 amide bonds. The fraction of sp³-hybridized carbons (Fsp3) is 0.263. The molecule has 0 unspecified atom stereocenters. The summed E-state index contributed by atoms with van der Waals surface area (Å²) in [7, 11) is 0. The molecule has 0 atom stereocenters. The van der Waals surface area contributed by atoms with Crippen LogP contribution in [-0.4, -0.2) is 47.8 Å². The molecule has 0 saturated carbocycles. The van der Waals surface area contributed by atoms with Crippen molar-refractivity contribution in [3.63, 3.8) is 0 Å². The van der Waals surface area contributed by atoms with E-state index < -0.39 is 11.7 Å². The van der Waals surface area contributed by atoms with Crippen LogP contribution in [0.3, 0.4) is 0 Å². The van der Waals surface area contributed by atoms with Crippen molar-refractivity contribution in [1.82, 2.24) is 9.80 Å². The average molecular weight is 395 g/mol. The van der Waals surface area contributed by atoms with Crippen molar-refractivity contribution >= 4 is 35.0 Å². The van der Waals surface area contributed by atoms with Crippen LogP contribution in [0.4, 0.5) is 4.39 Å². The maximum Gasteiger partial charge on any atom is 0.258 e. The third kappa shape index (κ3) is 4.00. The third-order valence-corrected chi connectivity index (χ3v) is 4.87.